The Morgan fingerprint density at radius 1 is 1.47 bits per heavy atom. The van der Waals surface area contributed by atoms with Crippen LogP contribution in [0.5, 0.6) is 0 Å². The molecule has 0 aliphatic heterocycles. The molecule has 0 rings (SSSR count). The van der Waals surface area contributed by atoms with Gasteiger partial charge in [-0.05, 0) is 13.0 Å². The Morgan fingerprint density at radius 2 is 2.20 bits per heavy atom. The van der Waals surface area contributed by atoms with E-state index in [-0.39, 0.29) is 5.91 Å². The van der Waals surface area contributed by atoms with Gasteiger partial charge < -0.3 is 5.32 Å². The highest BCUT2D eigenvalue weighted by Gasteiger charge is 2.07. The van der Waals surface area contributed by atoms with Crippen molar-refractivity contribution < 1.29 is 4.79 Å². The van der Waals surface area contributed by atoms with Gasteiger partial charge in [0.15, 0.2) is 0 Å². The van der Waals surface area contributed by atoms with Crippen LogP contribution < -0.4 is 5.32 Å². The molecule has 0 saturated carbocycles. The lowest BCUT2D eigenvalue weighted by Crippen LogP contribution is -2.37. The van der Waals surface area contributed by atoms with Crippen molar-refractivity contribution in [2.45, 2.75) is 33.1 Å². The summed E-state index contributed by atoms with van der Waals surface area (Å²) in [5, 5.41) is 11.3. The second kappa shape index (κ2) is 9.47. The van der Waals surface area contributed by atoms with E-state index in [0.29, 0.717) is 19.5 Å². The molecule has 0 atom stereocenters. The van der Waals surface area contributed by atoms with Gasteiger partial charge in [0, 0.05) is 19.5 Å². The Morgan fingerprint density at radius 3 is 2.73 bits per heavy atom. The first-order valence-corrected chi connectivity index (χ1v) is 5.60. The van der Waals surface area contributed by atoms with Crippen molar-refractivity contribution in [2.24, 2.45) is 0 Å². The van der Waals surface area contributed by atoms with Crippen LogP contribution in [0.15, 0.2) is 0 Å². The van der Waals surface area contributed by atoms with Gasteiger partial charge in [0.1, 0.15) is 0 Å². The van der Waals surface area contributed by atoms with Gasteiger partial charge in [0.2, 0.25) is 5.91 Å². The van der Waals surface area contributed by atoms with E-state index in [0.717, 1.165) is 25.9 Å². The molecule has 0 aromatic carbocycles. The van der Waals surface area contributed by atoms with E-state index in [4.69, 9.17) is 5.26 Å². The summed E-state index contributed by atoms with van der Waals surface area (Å²) in [6.45, 7) is 6.73. The van der Waals surface area contributed by atoms with Gasteiger partial charge in [0.05, 0.1) is 12.6 Å². The first-order chi connectivity index (χ1) is 7.24. The fourth-order valence-electron chi connectivity index (χ4n) is 1.22. The number of nitrogens with zero attached hydrogens (tertiary/aromatic N) is 2. The Bertz CT molecular complexity index is 210. The number of unbranched alkanes of at least 4 members (excludes halogenated alkanes) is 1. The van der Waals surface area contributed by atoms with Crippen molar-refractivity contribution in [3.63, 3.8) is 0 Å². The van der Waals surface area contributed by atoms with Crippen molar-refractivity contribution in [1.82, 2.24) is 10.2 Å². The summed E-state index contributed by atoms with van der Waals surface area (Å²) in [5.41, 5.74) is 0. The fraction of sp³-hybridized carbons (Fsp3) is 0.818. The number of carbonyl (C=O) groups is 1. The maximum Gasteiger partial charge on any atom is 0.234 e. The number of amides is 1. The Labute approximate surface area is 92.3 Å². The predicted molar refractivity (Wildman–Crippen MR) is 60.3 cm³/mol. The zero-order valence-corrected chi connectivity index (χ0v) is 9.75. The van der Waals surface area contributed by atoms with Crippen LogP contribution in [0, 0.1) is 11.3 Å². The topological polar surface area (TPSA) is 56.1 Å². The summed E-state index contributed by atoms with van der Waals surface area (Å²) in [7, 11) is 0. The number of carbonyl (C=O) groups excluding carboxylic acids is 1. The first-order valence-electron chi connectivity index (χ1n) is 5.60. The standard InChI is InChI=1S/C11H21N3O/c1-3-5-8-13-11(15)10-14(4-2)9-6-7-12/h3-6,8-10H2,1-2H3,(H,13,15). The van der Waals surface area contributed by atoms with Crippen molar-refractivity contribution in [2.75, 3.05) is 26.2 Å². The molecule has 1 amide bonds. The molecule has 1 N–H and O–H groups in total. The maximum atomic E-state index is 11.4. The Balaban J connectivity index is 3.66. The van der Waals surface area contributed by atoms with Crippen LogP contribution in [0.25, 0.3) is 0 Å². The molecular weight excluding hydrogens is 190 g/mol. The molecule has 0 aliphatic carbocycles. The SMILES string of the molecule is CCCCNC(=O)CN(CC)CCC#N. The molecular formula is C11H21N3O. The smallest absolute Gasteiger partial charge is 0.234 e. The summed E-state index contributed by atoms with van der Waals surface area (Å²) < 4.78 is 0. The number of likely N-dealkylation sites (N-methyl/N-ethyl adjacent to an activating group) is 1. The Hall–Kier alpha value is -1.08. The number of nitrogens with one attached hydrogen (secondary N) is 1. The van der Waals surface area contributed by atoms with Crippen molar-refractivity contribution >= 4 is 5.91 Å². The molecule has 0 aromatic rings. The van der Waals surface area contributed by atoms with E-state index < -0.39 is 0 Å². The lowest BCUT2D eigenvalue weighted by molar-refractivity contribution is -0.122. The van der Waals surface area contributed by atoms with Crippen molar-refractivity contribution in [3.05, 3.63) is 0 Å². The lowest BCUT2D eigenvalue weighted by atomic mass is 10.3. The molecule has 0 bridgehead atoms. The molecule has 0 aliphatic rings. The molecule has 86 valence electrons. The molecule has 0 spiro atoms. The normalized spacial score (nSPS) is 10.0. The molecule has 4 heteroatoms. The second-order valence-corrected chi connectivity index (χ2v) is 3.48. The van der Waals surface area contributed by atoms with Gasteiger partial charge in [-0.25, -0.2) is 0 Å². The van der Waals surface area contributed by atoms with Crippen LogP contribution in [0.1, 0.15) is 33.1 Å². The van der Waals surface area contributed by atoms with E-state index in [9.17, 15) is 4.79 Å². The predicted octanol–water partition coefficient (Wildman–Crippen LogP) is 1.14. The highest BCUT2D eigenvalue weighted by Crippen LogP contribution is 1.90. The van der Waals surface area contributed by atoms with Crippen LogP contribution in [-0.2, 0) is 4.79 Å². The van der Waals surface area contributed by atoms with Crippen LogP contribution in [-0.4, -0.2) is 37.0 Å². The zero-order valence-electron chi connectivity index (χ0n) is 9.75. The minimum Gasteiger partial charge on any atom is -0.355 e. The second-order valence-electron chi connectivity index (χ2n) is 3.48. The minimum atomic E-state index is 0.0586. The number of hydrogen-bond acceptors (Lipinski definition) is 3. The Kier molecular flexibility index (Phi) is 8.79. The maximum absolute atomic E-state index is 11.4. The van der Waals surface area contributed by atoms with E-state index in [1.807, 2.05) is 11.8 Å². The fourth-order valence-corrected chi connectivity index (χ4v) is 1.22. The van der Waals surface area contributed by atoms with E-state index >= 15 is 0 Å². The lowest BCUT2D eigenvalue weighted by Gasteiger charge is -2.18. The molecule has 0 radical (unpaired) electrons. The van der Waals surface area contributed by atoms with Crippen LogP contribution in [0.4, 0.5) is 0 Å². The number of hydrogen-bond donors (Lipinski definition) is 1. The highest BCUT2D eigenvalue weighted by atomic mass is 16.2. The van der Waals surface area contributed by atoms with E-state index in [1.54, 1.807) is 0 Å². The molecule has 0 aromatic heterocycles. The van der Waals surface area contributed by atoms with E-state index in [1.165, 1.54) is 0 Å². The average Bonchev–Trinajstić information content (AvgIpc) is 2.24. The summed E-state index contributed by atoms with van der Waals surface area (Å²) >= 11 is 0. The summed E-state index contributed by atoms with van der Waals surface area (Å²) in [6, 6.07) is 2.08. The third kappa shape index (κ3) is 7.95. The van der Waals surface area contributed by atoms with Crippen molar-refractivity contribution in [3.8, 4) is 6.07 Å². The summed E-state index contributed by atoms with van der Waals surface area (Å²) in [4.78, 5) is 13.4. The molecule has 0 saturated heterocycles. The quantitative estimate of drug-likeness (QED) is 0.612. The largest absolute Gasteiger partial charge is 0.355 e. The van der Waals surface area contributed by atoms with Gasteiger partial charge in [-0.3, -0.25) is 9.69 Å². The summed E-state index contributed by atoms with van der Waals surface area (Å²) in [6.07, 6.45) is 2.60. The third-order valence-electron chi connectivity index (χ3n) is 2.21. The van der Waals surface area contributed by atoms with Gasteiger partial charge in [-0.15, -0.1) is 0 Å². The molecule has 0 heterocycles. The molecule has 0 fully saturated rings. The highest BCUT2D eigenvalue weighted by molar-refractivity contribution is 5.77. The van der Waals surface area contributed by atoms with Crippen LogP contribution >= 0.6 is 0 Å². The zero-order chi connectivity index (χ0) is 11.5. The van der Waals surface area contributed by atoms with Crippen molar-refractivity contribution in [1.29, 1.82) is 5.26 Å². The average molecular weight is 211 g/mol. The van der Waals surface area contributed by atoms with Gasteiger partial charge in [0.25, 0.3) is 0 Å². The minimum absolute atomic E-state index is 0.0586. The number of nitriles is 1. The van der Waals surface area contributed by atoms with Gasteiger partial charge in [-0.1, -0.05) is 20.3 Å². The van der Waals surface area contributed by atoms with Gasteiger partial charge in [-0.2, -0.15) is 5.26 Å². The molecule has 4 nitrogen and oxygen atoms in total. The third-order valence-corrected chi connectivity index (χ3v) is 2.21. The summed E-state index contributed by atoms with van der Waals surface area (Å²) in [5.74, 6) is 0.0586. The van der Waals surface area contributed by atoms with E-state index in [2.05, 4.69) is 18.3 Å². The van der Waals surface area contributed by atoms with Crippen LogP contribution in [0.2, 0.25) is 0 Å². The monoisotopic (exact) mass is 211 g/mol. The van der Waals surface area contributed by atoms with Crippen LogP contribution in [0.3, 0.4) is 0 Å². The van der Waals surface area contributed by atoms with Gasteiger partial charge >= 0.3 is 0 Å². The molecule has 0 unspecified atom stereocenters. The first kappa shape index (κ1) is 13.9. The molecule has 15 heavy (non-hydrogen) atoms. The number of rotatable bonds is 8.